The third-order valence-corrected chi connectivity index (χ3v) is 7.60. The second-order valence-electron chi connectivity index (χ2n) is 7.83. The average molecular weight is 468 g/mol. The number of sulfone groups is 1. The number of carbonyl (C=O) groups excluding carboxylic acids is 2. The highest BCUT2D eigenvalue weighted by molar-refractivity contribution is 7.92. The molecule has 1 atom stereocenters. The van der Waals surface area contributed by atoms with Gasteiger partial charge in [-0.3, -0.25) is 9.59 Å². The fourth-order valence-electron chi connectivity index (χ4n) is 3.70. The Kier molecular flexibility index (Phi) is 8.01. The number of hydrogen-bond acceptors (Lipinski definition) is 6. The van der Waals surface area contributed by atoms with E-state index >= 15 is 0 Å². The molecule has 2 amide bonds. The van der Waals surface area contributed by atoms with Gasteiger partial charge >= 0.3 is 0 Å². The predicted molar refractivity (Wildman–Crippen MR) is 121 cm³/mol. The quantitative estimate of drug-likeness (QED) is 0.552. The van der Waals surface area contributed by atoms with Crippen LogP contribution < -0.4 is 4.80 Å². The van der Waals surface area contributed by atoms with E-state index in [0.29, 0.717) is 43.6 Å². The van der Waals surface area contributed by atoms with Gasteiger partial charge in [-0.1, -0.05) is 30.4 Å². The first kappa shape index (κ1) is 23.6. The van der Waals surface area contributed by atoms with Crippen molar-refractivity contribution in [3.8, 4) is 0 Å². The van der Waals surface area contributed by atoms with Gasteiger partial charge in [0, 0.05) is 26.2 Å². The van der Waals surface area contributed by atoms with Crippen molar-refractivity contribution in [2.75, 3.05) is 37.8 Å². The Hall–Kier alpha value is -2.04. The van der Waals surface area contributed by atoms with E-state index in [0.717, 1.165) is 23.1 Å². The second-order valence-corrected chi connectivity index (χ2v) is 10.9. The molecule has 1 aromatic heterocycles. The molecule has 3 rings (SSSR count). The largest absolute Gasteiger partial charge is 0.380 e. The molecule has 1 unspecified atom stereocenters. The van der Waals surface area contributed by atoms with Gasteiger partial charge in [0.1, 0.15) is 11.5 Å². The molecule has 10 heteroatoms. The Balaban J connectivity index is 1.74. The Bertz CT molecular complexity index is 1100. The number of likely N-dealkylation sites (tertiary alicyclic amines) is 1. The monoisotopic (exact) mass is 467 g/mol. The molecule has 1 aliphatic heterocycles. The standard InChI is InChI=1S/C21H29N3O5S2/c1-3-29-12-11-24-17-8-4-5-9-18(17)30-21(24)22-19(25)14-31(27,28)15-20(26)23-10-6-7-16(2)13-23/h4-5,8-9,16H,3,6-7,10-15H2,1-2H3. The third-order valence-electron chi connectivity index (χ3n) is 5.17. The number of para-hydroxylation sites is 1. The van der Waals surface area contributed by atoms with Crippen molar-refractivity contribution in [2.24, 2.45) is 10.9 Å². The summed E-state index contributed by atoms with van der Waals surface area (Å²) in [7, 11) is -3.89. The molecule has 1 saturated heterocycles. The van der Waals surface area contributed by atoms with Crippen LogP contribution in [0.5, 0.6) is 0 Å². The van der Waals surface area contributed by atoms with E-state index in [1.165, 1.54) is 11.3 Å². The fourth-order valence-corrected chi connectivity index (χ4v) is 5.87. The lowest BCUT2D eigenvalue weighted by Gasteiger charge is -2.30. The maximum absolute atomic E-state index is 12.5. The van der Waals surface area contributed by atoms with Gasteiger partial charge in [0.15, 0.2) is 14.6 Å². The van der Waals surface area contributed by atoms with Crippen LogP contribution in [0.1, 0.15) is 26.7 Å². The van der Waals surface area contributed by atoms with Crippen LogP contribution in [0.2, 0.25) is 0 Å². The first-order chi connectivity index (χ1) is 14.8. The highest BCUT2D eigenvalue weighted by atomic mass is 32.2. The van der Waals surface area contributed by atoms with Crippen LogP contribution in [0.3, 0.4) is 0 Å². The molecule has 0 radical (unpaired) electrons. The number of rotatable bonds is 8. The van der Waals surface area contributed by atoms with Crippen LogP contribution >= 0.6 is 11.3 Å². The van der Waals surface area contributed by atoms with Crippen LogP contribution in [0, 0.1) is 5.92 Å². The summed E-state index contributed by atoms with van der Waals surface area (Å²) < 4.78 is 33.2. The summed E-state index contributed by atoms with van der Waals surface area (Å²) in [6, 6.07) is 7.65. The molecule has 0 aliphatic carbocycles. The smallest absolute Gasteiger partial charge is 0.263 e. The number of amides is 2. The molecule has 0 spiro atoms. The van der Waals surface area contributed by atoms with Crippen molar-refractivity contribution in [1.82, 2.24) is 9.47 Å². The van der Waals surface area contributed by atoms with Gasteiger partial charge in [0.05, 0.1) is 16.8 Å². The highest BCUT2D eigenvalue weighted by Crippen LogP contribution is 2.17. The normalized spacial score (nSPS) is 17.9. The number of thiazole rings is 1. The molecule has 0 bridgehead atoms. The molecule has 170 valence electrons. The zero-order valence-electron chi connectivity index (χ0n) is 18.0. The van der Waals surface area contributed by atoms with E-state index < -0.39 is 33.2 Å². The van der Waals surface area contributed by atoms with Gasteiger partial charge in [0.25, 0.3) is 5.91 Å². The van der Waals surface area contributed by atoms with E-state index in [4.69, 9.17) is 4.74 Å². The van der Waals surface area contributed by atoms with Crippen LogP contribution in [0.15, 0.2) is 29.3 Å². The summed E-state index contributed by atoms with van der Waals surface area (Å²) in [5.74, 6) is -2.28. The van der Waals surface area contributed by atoms with Crippen LogP contribution in [0.25, 0.3) is 10.2 Å². The Morgan fingerprint density at radius 2 is 2.03 bits per heavy atom. The molecule has 8 nitrogen and oxygen atoms in total. The van der Waals surface area contributed by atoms with Crippen molar-refractivity contribution < 1.29 is 22.7 Å². The van der Waals surface area contributed by atoms with Crippen LogP contribution in [0.4, 0.5) is 0 Å². The van der Waals surface area contributed by atoms with Crippen LogP contribution in [-0.4, -0.2) is 67.5 Å². The van der Waals surface area contributed by atoms with E-state index in [1.54, 1.807) is 4.90 Å². The molecule has 0 saturated carbocycles. The molecule has 2 heterocycles. The first-order valence-corrected chi connectivity index (χ1v) is 13.1. The maximum atomic E-state index is 12.5. The Morgan fingerprint density at radius 1 is 1.26 bits per heavy atom. The van der Waals surface area contributed by atoms with Crippen molar-refractivity contribution in [2.45, 2.75) is 33.2 Å². The summed E-state index contributed by atoms with van der Waals surface area (Å²) in [4.78, 5) is 31.0. The molecule has 1 fully saturated rings. The van der Waals surface area contributed by atoms with E-state index in [1.807, 2.05) is 42.7 Å². The number of ether oxygens (including phenoxy) is 1. The Morgan fingerprint density at radius 3 is 2.77 bits per heavy atom. The number of benzene rings is 1. The molecule has 31 heavy (non-hydrogen) atoms. The molecule has 2 aromatic rings. The number of aromatic nitrogens is 1. The van der Waals surface area contributed by atoms with Gasteiger partial charge in [-0.25, -0.2) is 8.42 Å². The lowest BCUT2D eigenvalue weighted by Crippen LogP contribution is -2.42. The maximum Gasteiger partial charge on any atom is 0.263 e. The molecule has 1 aliphatic rings. The topological polar surface area (TPSA) is 98.0 Å². The number of hydrogen-bond donors (Lipinski definition) is 0. The van der Waals surface area contributed by atoms with Gasteiger partial charge in [0.2, 0.25) is 5.91 Å². The van der Waals surface area contributed by atoms with Gasteiger partial charge < -0.3 is 14.2 Å². The van der Waals surface area contributed by atoms with Gasteiger partial charge in [-0.15, -0.1) is 0 Å². The van der Waals surface area contributed by atoms with Crippen molar-refractivity contribution >= 4 is 43.2 Å². The second kappa shape index (κ2) is 10.5. The summed E-state index contributed by atoms with van der Waals surface area (Å²) >= 11 is 1.32. The van der Waals surface area contributed by atoms with Gasteiger partial charge in [-0.05, 0) is 37.8 Å². The fraction of sp³-hybridized carbons (Fsp3) is 0.571. The average Bonchev–Trinajstić information content (AvgIpc) is 3.04. The number of fused-ring (bicyclic) bond motifs is 1. The van der Waals surface area contributed by atoms with Crippen LogP contribution in [-0.2, 0) is 30.7 Å². The minimum absolute atomic E-state index is 0.358. The lowest BCUT2D eigenvalue weighted by atomic mass is 10.0. The molecular weight excluding hydrogens is 438 g/mol. The molecule has 0 N–H and O–H groups in total. The zero-order chi connectivity index (χ0) is 22.4. The predicted octanol–water partition coefficient (Wildman–Crippen LogP) is 1.84. The Labute approximate surface area is 186 Å². The lowest BCUT2D eigenvalue weighted by molar-refractivity contribution is -0.130. The van der Waals surface area contributed by atoms with Crippen molar-refractivity contribution in [3.63, 3.8) is 0 Å². The number of nitrogens with zero attached hydrogens (tertiary/aromatic N) is 3. The summed E-state index contributed by atoms with van der Waals surface area (Å²) in [6.45, 7) is 6.62. The number of carbonyl (C=O) groups is 2. The highest BCUT2D eigenvalue weighted by Gasteiger charge is 2.27. The van der Waals surface area contributed by atoms with Crippen molar-refractivity contribution in [3.05, 3.63) is 29.1 Å². The number of piperidine rings is 1. The summed E-state index contributed by atoms with van der Waals surface area (Å²) in [5.41, 5.74) is 0.913. The first-order valence-electron chi connectivity index (χ1n) is 10.5. The van der Waals surface area contributed by atoms with E-state index in [9.17, 15) is 18.0 Å². The zero-order valence-corrected chi connectivity index (χ0v) is 19.6. The summed E-state index contributed by atoms with van der Waals surface area (Å²) in [6.07, 6.45) is 1.90. The summed E-state index contributed by atoms with van der Waals surface area (Å²) in [5, 5.41) is 0. The molecule has 1 aromatic carbocycles. The van der Waals surface area contributed by atoms with E-state index in [2.05, 4.69) is 4.99 Å². The molecular formula is C21H29N3O5S2. The van der Waals surface area contributed by atoms with E-state index in [-0.39, 0.29) is 0 Å². The SMILES string of the molecule is CCOCCn1c(=NC(=O)CS(=O)(=O)CC(=O)N2CCCC(C)C2)sc2ccccc21. The third kappa shape index (κ3) is 6.47. The van der Waals surface area contributed by atoms with Crippen molar-refractivity contribution in [1.29, 1.82) is 0 Å². The van der Waals surface area contributed by atoms with Gasteiger partial charge in [-0.2, -0.15) is 4.99 Å². The minimum atomic E-state index is -3.89. The minimum Gasteiger partial charge on any atom is -0.380 e.